The van der Waals surface area contributed by atoms with Gasteiger partial charge in [0.15, 0.2) is 0 Å². The molecule has 1 unspecified atom stereocenters. The van der Waals surface area contributed by atoms with Gasteiger partial charge in [-0.2, -0.15) is 8.78 Å². The highest BCUT2D eigenvalue weighted by Gasteiger charge is 2.45. The molecule has 5 heterocycles. The number of aromatic nitrogens is 3. The maximum Gasteiger partial charge on any atom is 0.408 e. The molecule has 234 valence electrons. The molecule has 3 aliphatic rings. The lowest BCUT2D eigenvalue weighted by molar-refractivity contribution is -0.0507. The highest BCUT2D eigenvalue weighted by Crippen LogP contribution is 2.50. The third-order valence-electron chi connectivity index (χ3n) is 8.22. The molecule has 3 aliphatic heterocycles. The van der Waals surface area contributed by atoms with Crippen LogP contribution in [0.3, 0.4) is 0 Å². The Morgan fingerprint density at radius 3 is 2.76 bits per heavy atom. The number of carbonyl (C=O) groups is 2. The summed E-state index contributed by atoms with van der Waals surface area (Å²) in [6.45, 7) is 0.904. The van der Waals surface area contributed by atoms with E-state index in [-0.39, 0.29) is 46.8 Å². The number of pyridine rings is 1. The van der Waals surface area contributed by atoms with E-state index in [4.69, 9.17) is 18.3 Å². The Morgan fingerprint density at radius 1 is 1.22 bits per heavy atom. The van der Waals surface area contributed by atoms with Crippen LogP contribution in [0.15, 0.2) is 42.6 Å². The minimum atomic E-state index is -3.21. The van der Waals surface area contributed by atoms with Crippen molar-refractivity contribution < 1.29 is 41.1 Å². The zero-order valence-corrected chi connectivity index (χ0v) is 24.7. The zero-order valence-electron chi connectivity index (χ0n) is 27.7. The van der Waals surface area contributed by atoms with Gasteiger partial charge in [0.05, 0.1) is 23.1 Å². The molecule has 0 radical (unpaired) electrons. The number of hydrogen-bond donors (Lipinski definition) is 1. The van der Waals surface area contributed by atoms with Crippen LogP contribution in [0.4, 0.5) is 18.0 Å². The Kier molecular flexibility index (Phi) is 5.58. The van der Waals surface area contributed by atoms with Crippen LogP contribution in [0.1, 0.15) is 77.8 Å². The number of ether oxygens (including phenoxy) is 3. The molecule has 13 heteroatoms. The van der Waals surface area contributed by atoms with Crippen LogP contribution >= 0.6 is 0 Å². The maximum absolute atomic E-state index is 15.8. The molecule has 3 atom stereocenters. The molecular formula is C32H30F3N5O5. The van der Waals surface area contributed by atoms with Crippen LogP contribution in [0.5, 0.6) is 11.5 Å². The Morgan fingerprint density at radius 2 is 2.02 bits per heavy atom. The van der Waals surface area contributed by atoms with Gasteiger partial charge in [-0.15, -0.1) is 0 Å². The molecule has 4 aromatic rings. The fourth-order valence-corrected chi connectivity index (χ4v) is 6.38. The first-order valence-corrected chi connectivity index (χ1v) is 14.2. The number of alkyl halides is 2. The van der Waals surface area contributed by atoms with E-state index in [1.165, 1.54) is 36.5 Å². The smallest absolute Gasteiger partial charge is 0.408 e. The second-order valence-corrected chi connectivity index (χ2v) is 12.5. The Hall–Kier alpha value is -4.81. The number of amides is 2. The molecule has 1 N–H and O–H groups in total. The maximum atomic E-state index is 15.8. The first-order valence-electron chi connectivity index (χ1n) is 15.7. The minimum absolute atomic E-state index is 0.0171. The second kappa shape index (κ2) is 9.85. The summed E-state index contributed by atoms with van der Waals surface area (Å²) in [5, 5.41) is 2.80. The number of fused-ring (bicyclic) bond motifs is 10. The molecule has 2 bridgehead atoms. The van der Waals surface area contributed by atoms with Crippen molar-refractivity contribution in [1.82, 2.24) is 24.8 Å². The molecule has 2 aromatic heterocycles. The molecule has 10 nitrogen and oxygen atoms in total. The topological polar surface area (TPSA) is 108 Å². The Balaban J connectivity index is 1.34. The summed E-state index contributed by atoms with van der Waals surface area (Å²) in [6.07, 6.45) is 0.807. The third-order valence-corrected chi connectivity index (χ3v) is 8.22. The van der Waals surface area contributed by atoms with Gasteiger partial charge >= 0.3 is 12.7 Å². The summed E-state index contributed by atoms with van der Waals surface area (Å²) in [5.41, 5.74) is -0.310. The van der Waals surface area contributed by atoms with Gasteiger partial charge in [-0.25, -0.2) is 14.2 Å². The van der Waals surface area contributed by atoms with Gasteiger partial charge in [-0.1, -0.05) is 6.07 Å². The van der Waals surface area contributed by atoms with Gasteiger partial charge in [0.1, 0.15) is 46.6 Å². The van der Waals surface area contributed by atoms with Crippen LogP contribution in [0.25, 0.3) is 22.2 Å². The van der Waals surface area contributed by atoms with E-state index in [0.717, 1.165) is 4.90 Å². The number of imidazole rings is 1. The summed E-state index contributed by atoms with van der Waals surface area (Å²) < 4.78 is 85.1. The normalized spacial score (nSPS) is 23.0. The molecule has 0 saturated heterocycles. The molecule has 2 aromatic carbocycles. The fourth-order valence-electron chi connectivity index (χ4n) is 6.38. The number of nitrogens with zero attached hydrogens (tertiary/aromatic N) is 4. The highest BCUT2D eigenvalue weighted by molar-refractivity contribution is 5.98. The number of rotatable bonds is 4. The van der Waals surface area contributed by atoms with Gasteiger partial charge in [-0.3, -0.25) is 9.78 Å². The average Bonchev–Trinajstić information content (AvgIpc) is 3.57. The van der Waals surface area contributed by atoms with Crippen LogP contribution in [0.2, 0.25) is 0 Å². The van der Waals surface area contributed by atoms with Crippen molar-refractivity contribution in [2.24, 2.45) is 0 Å². The summed E-state index contributed by atoms with van der Waals surface area (Å²) in [7, 11) is 0. The zero-order chi connectivity index (χ0) is 34.5. The predicted octanol–water partition coefficient (Wildman–Crippen LogP) is 6.09. The van der Waals surface area contributed by atoms with Crippen molar-refractivity contribution in [2.45, 2.75) is 64.0 Å². The second-order valence-electron chi connectivity index (χ2n) is 12.5. The largest absolute Gasteiger partial charge is 0.489 e. The van der Waals surface area contributed by atoms with E-state index in [1.54, 1.807) is 38.3 Å². The number of benzene rings is 2. The van der Waals surface area contributed by atoms with E-state index in [2.05, 4.69) is 15.3 Å². The molecule has 0 aliphatic carbocycles. The number of carbonyl (C=O) groups excluding carboxylic acids is 2. The molecule has 0 saturated carbocycles. The van der Waals surface area contributed by atoms with Gasteiger partial charge in [0, 0.05) is 52.0 Å². The molecule has 0 fully saturated rings. The number of alkyl carbamates (subject to hydrolysis) is 1. The minimum Gasteiger partial charge on any atom is -0.489 e. The Labute approximate surface area is 260 Å². The highest BCUT2D eigenvalue weighted by atomic mass is 19.3. The standard InChI is InChI=1S/C32H30F3N5O5/c1-31(2,3)45-30(42)38-32(4)14-43-24-9-15(13-36-26(24)32)17-10-20-19(11-18(17)33)37-27-22-12-21(40(20)27)25-16(28(41)39(22)5)7-6-8-23(25)44-29(34)35/h6-11,13,21-22,29H,12,14H2,1-5H3,(H,38,42)/t21-,22-,32?/m1/s1/i5D3. The van der Waals surface area contributed by atoms with Gasteiger partial charge in [-0.05, 0) is 52.0 Å². The van der Waals surface area contributed by atoms with E-state index >= 15 is 4.39 Å². The summed E-state index contributed by atoms with van der Waals surface area (Å²) in [4.78, 5) is 36.0. The third kappa shape index (κ3) is 4.63. The van der Waals surface area contributed by atoms with Crippen LogP contribution < -0.4 is 14.8 Å². The van der Waals surface area contributed by atoms with Crippen LogP contribution in [-0.4, -0.2) is 57.2 Å². The molecular weight excluding hydrogens is 591 g/mol. The fraction of sp³-hybridized carbons (Fsp3) is 0.375. The monoisotopic (exact) mass is 624 g/mol. The quantitative estimate of drug-likeness (QED) is 0.293. The van der Waals surface area contributed by atoms with Gasteiger partial charge in [0.25, 0.3) is 5.91 Å². The first kappa shape index (κ1) is 25.5. The van der Waals surface area contributed by atoms with Crippen molar-refractivity contribution in [3.8, 4) is 22.6 Å². The lowest BCUT2D eigenvalue weighted by Gasteiger charge is -2.26. The van der Waals surface area contributed by atoms with Crippen molar-refractivity contribution in [1.29, 1.82) is 0 Å². The average molecular weight is 625 g/mol. The van der Waals surface area contributed by atoms with Crippen molar-refractivity contribution in [2.75, 3.05) is 13.6 Å². The number of halogens is 3. The van der Waals surface area contributed by atoms with Crippen molar-refractivity contribution in [3.63, 3.8) is 0 Å². The van der Waals surface area contributed by atoms with E-state index in [9.17, 15) is 18.4 Å². The molecule has 7 rings (SSSR count). The van der Waals surface area contributed by atoms with Crippen LogP contribution in [-0.2, 0) is 10.3 Å². The SMILES string of the molecule is [2H]C([2H])([2H])N1C(=O)c2cccc(OC(F)F)c2[C@H]2C[C@@H]1c1nc3cc(F)c(-c4cnc5c(c4)OCC5(C)NC(=O)OC(C)(C)C)cc3n12. The van der Waals surface area contributed by atoms with E-state index in [1.807, 2.05) is 0 Å². The van der Waals surface area contributed by atoms with Gasteiger partial charge in [0.2, 0.25) is 0 Å². The van der Waals surface area contributed by atoms with Crippen LogP contribution in [0, 0.1) is 5.82 Å². The molecule has 0 spiro atoms. The lowest BCUT2D eigenvalue weighted by Crippen LogP contribution is -2.47. The summed E-state index contributed by atoms with van der Waals surface area (Å²) in [6, 6.07) is 6.42. The van der Waals surface area contributed by atoms with E-state index < -0.39 is 54.6 Å². The molecule has 2 amide bonds. The van der Waals surface area contributed by atoms with Crippen molar-refractivity contribution in [3.05, 3.63) is 71.1 Å². The van der Waals surface area contributed by atoms with Crippen molar-refractivity contribution >= 4 is 23.0 Å². The first-order chi connectivity index (χ1) is 22.4. The summed E-state index contributed by atoms with van der Waals surface area (Å²) >= 11 is 0. The Bertz CT molecular complexity index is 2010. The van der Waals surface area contributed by atoms with E-state index in [0.29, 0.717) is 22.5 Å². The summed E-state index contributed by atoms with van der Waals surface area (Å²) in [5.74, 6) is -1.31. The predicted molar refractivity (Wildman–Crippen MR) is 156 cm³/mol. The number of hydrogen-bond acceptors (Lipinski definition) is 7. The number of nitrogens with one attached hydrogen (secondary N) is 1. The molecule has 45 heavy (non-hydrogen) atoms. The van der Waals surface area contributed by atoms with Gasteiger partial charge < -0.3 is 29.0 Å². The lowest BCUT2D eigenvalue weighted by atomic mass is 9.97.